The fourth-order valence-electron chi connectivity index (χ4n) is 1.56. The van der Waals surface area contributed by atoms with Crippen LogP contribution >= 0.6 is 11.6 Å². The number of hydrogen-bond acceptors (Lipinski definition) is 5. The Morgan fingerprint density at radius 2 is 2.10 bits per heavy atom. The standard InChI is InChI=1S/C13H15ClN4O2/c1-18-13(19)12(14)11(8-16-18)17-9-2-4-10(5-3-9)20-7-6-15/h2-5,8,17H,6-7,15H2,1H3. The Morgan fingerprint density at radius 3 is 2.75 bits per heavy atom. The lowest BCUT2D eigenvalue weighted by molar-refractivity contribution is 0.328. The third kappa shape index (κ3) is 3.28. The lowest BCUT2D eigenvalue weighted by atomic mass is 10.3. The van der Waals surface area contributed by atoms with Gasteiger partial charge in [0.2, 0.25) is 0 Å². The predicted molar refractivity (Wildman–Crippen MR) is 78.8 cm³/mol. The first-order valence-electron chi connectivity index (χ1n) is 6.03. The summed E-state index contributed by atoms with van der Waals surface area (Å²) in [6, 6.07) is 7.25. The van der Waals surface area contributed by atoms with Crippen molar-refractivity contribution < 1.29 is 4.74 Å². The second-order valence-corrected chi connectivity index (χ2v) is 4.47. The summed E-state index contributed by atoms with van der Waals surface area (Å²) in [6.45, 7) is 0.936. The van der Waals surface area contributed by atoms with Crippen molar-refractivity contribution in [1.29, 1.82) is 0 Å². The number of aryl methyl sites for hydroxylation is 1. The average molecular weight is 295 g/mol. The minimum atomic E-state index is -0.348. The van der Waals surface area contributed by atoms with E-state index in [2.05, 4.69) is 10.4 Å². The molecule has 0 aliphatic carbocycles. The summed E-state index contributed by atoms with van der Waals surface area (Å²) in [5.41, 5.74) is 6.26. The van der Waals surface area contributed by atoms with Crippen LogP contribution in [0, 0.1) is 0 Å². The Hall–Kier alpha value is -2.05. The smallest absolute Gasteiger partial charge is 0.287 e. The second-order valence-electron chi connectivity index (χ2n) is 4.09. The van der Waals surface area contributed by atoms with Gasteiger partial charge < -0.3 is 15.8 Å². The van der Waals surface area contributed by atoms with Crippen LogP contribution in [0.2, 0.25) is 5.02 Å². The van der Waals surface area contributed by atoms with Gasteiger partial charge in [-0.3, -0.25) is 4.79 Å². The van der Waals surface area contributed by atoms with Crippen LogP contribution in [0.4, 0.5) is 11.4 Å². The normalized spacial score (nSPS) is 10.3. The van der Waals surface area contributed by atoms with Gasteiger partial charge in [-0.1, -0.05) is 11.6 Å². The Bertz CT molecular complexity index is 640. The van der Waals surface area contributed by atoms with Crippen molar-refractivity contribution in [2.24, 2.45) is 12.8 Å². The minimum Gasteiger partial charge on any atom is -0.492 e. The van der Waals surface area contributed by atoms with E-state index in [1.165, 1.54) is 10.9 Å². The lowest BCUT2D eigenvalue weighted by Crippen LogP contribution is -2.20. The molecule has 0 bridgehead atoms. The number of ether oxygens (including phenoxy) is 1. The Morgan fingerprint density at radius 1 is 1.40 bits per heavy atom. The van der Waals surface area contributed by atoms with Gasteiger partial charge in [-0.05, 0) is 24.3 Å². The van der Waals surface area contributed by atoms with E-state index in [0.717, 1.165) is 11.4 Å². The molecule has 0 aliphatic rings. The maximum Gasteiger partial charge on any atom is 0.287 e. The molecule has 2 aromatic rings. The third-order valence-electron chi connectivity index (χ3n) is 2.60. The molecule has 20 heavy (non-hydrogen) atoms. The topological polar surface area (TPSA) is 82.2 Å². The molecule has 0 unspecified atom stereocenters. The summed E-state index contributed by atoms with van der Waals surface area (Å²) < 4.78 is 6.55. The monoisotopic (exact) mass is 294 g/mol. The molecule has 3 N–H and O–H groups in total. The maximum atomic E-state index is 11.6. The zero-order valence-corrected chi connectivity index (χ0v) is 11.7. The van der Waals surface area contributed by atoms with Crippen LogP contribution in [0.15, 0.2) is 35.3 Å². The quantitative estimate of drug-likeness (QED) is 0.873. The zero-order chi connectivity index (χ0) is 14.5. The van der Waals surface area contributed by atoms with Gasteiger partial charge in [0.25, 0.3) is 5.56 Å². The summed E-state index contributed by atoms with van der Waals surface area (Å²) in [5.74, 6) is 0.731. The molecule has 7 heteroatoms. The van der Waals surface area contributed by atoms with Crippen molar-refractivity contribution >= 4 is 23.0 Å². The highest BCUT2D eigenvalue weighted by Gasteiger charge is 2.07. The van der Waals surface area contributed by atoms with Gasteiger partial charge >= 0.3 is 0 Å². The van der Waals surface area contributed by atoms with E-state index in [4.69, 9.17) is 22.1 Å². The van der Waals surface area contributed by atoms with E-state index in [0.29, 0.717) is 18.8 Å². The highest BCUT2D eigenvalue weighted by atomic mass is 35.5. The molecule has 106 valence electrons. The number of nitrogens with two attached hydrogens (primary N) is 1. The number of benzene rings is 1. The van der Waals surface area contributed by atoms with Gasteiger partial charge in [-0.15, -0.1) is 0 Å². The van der Waals surface area contributed by atoms with Crippen LogP contribution in [0.1, 0.15) is 0 Å². The Labute approximate surface area is 121 Å². The predicted octanol–water partition coefficient (Wildman–Crippen LogP) is 1.51. The minimum absolute atomic E-state index is 0.103. The van der Waals surface area contributed by atoms with E-state index in [9.17, 15) is 4.79 Å². The molecule has 0 saturated heterocycles. The molecule has 0 amide bonds. The first kappa shape index (κ1) is 14.4. The molecule has 6 nitrogen and oxygen atoms in total. The molecular weight excluding hydrogens is 280 g/mol. The van der Waals surface area contributed by atoms with E-state index in [-0.39, 0.29) is 10.6 Å². The molecule has 0 atom stereocenters. The van der Waals surface area contributed by atoms with Crippen molar-refractivity contribution in [3.05, 3.63) is 45.8 Å². The molecule has 1 aromatic heterocycles. The lowest BCUT2D eigenvalue weighted by Gasteiger charge is -2.09. The van der Waals surface area contributed by atoms with Crippen LogP contribution in [0.5, 0.6) is 5.75 Å². The van der Waals surface area contributed by atoms with Crippen LogP contribution in [0.25, 0.3) is 0 Å². The van der Waals surface area contributed by atoms with Crippen molar-refractivity contribution in [2.45, 2.75) is 0 Å². The SMILES string of the molecule is Cn1ncc(Nc2ccc(OCCN)cc2)c(Cl)c1=O. The summed E-state index contributed by atoms with van der Waals surface area (Å²) >= 11 is 5.97. The first-order chi connectivity index (χ1) is 9.61. The summed E-state index contributed by atoms with van der Waals surface area (Å²) in [6.07, 6.45) is 1.50. The number of nitrogens with one attached hydrogen (secondary N) is 1. The fraction of sp³-hybridized carbons (Fsp3) is 0.231. The van der Waals surface area contributed by atoms with Gasteiger partial charge in [0.1, 0.15) is 17.4 Å². The third-order valence-corrected chi connectivity index (χ3v) is 2.96. The molecule has 0 saturated carbocycles. The number of halogens is 1. The molecule has 0 radical (unpaired) electrons. The molecular formula is C13H15ClN4O2. The summed E-state index contributed by atoms with van der Waals surface area (Å²) in [4.78, 5) is 11.6. The number of anilines is 2. The van der Waals surface area contributed by atoms with Crippen LogP contribution in [0.3, 0.4) is 0 Å². The first-order valence-corrected chi connectivity index (χ1v) is 6.41. The van der Waals surface area contributed by atoms with Crippen molar-refractivity contribution in [3.8, 4) is 5.75 Å². The number of nitrogens with zero attached hydrogens (tertiary/aromatic N) is 2. The van der Waals surface area contributed by atoms with Gasteiger partial charge in [0.05, 0.1) is 11.9 Å². The van der Waals surface area contributed by atoms with Crippen LogP contribution in [-0.4, -0.2) is 22.9 Å². The molecule has 1 heterocycles. The number of rotatable bonds is 5. The fourth-order valence-corrected chi connectivity index (χ4v) is 1.78. The molecule has 0 aliphatic heterocycles. The van der Waals surface area contributed by atoms with Crippen LogP contribution < -0.4 is 21.3 Å². The highest BCUT2D eigenvalue weighted by Crippen LogP contribution is 2.23. The van der Waals surface area contributed by atoms with Crippen molar-refractivity contribution in [2.75, 3.05) is 18.5 Å². The van der Waals surface area contributed by atoms with E-state index < -0.39 is 0 Å². The average Bonchev–Trinajstić information content (AvgIpc) is 2.47. The maximum absolute atomic E-state index is 11.6. The van der Waals surface area contributed by atoms with Crippen molar-refractivity contribution in [1.82, 2.24) is 9.78 Å². The van der Waals surface area contributed by atoms with Gasteiger partial charge in [-0.25, -0.2) is 4.68 Å². The highest BCUT2D eigenvalue weighted by molar-refractivity contribution is 6.33. The number of hydrogen-bond donors (Lipinski definition) is 2. The van der Waals surface area contributed by atoms with Gasteiger partial charge in [0, 0.05) is 19.3 Å². The molecule has 0 fully saturated rings. The Balaban J connectivity index is 2.14. The van der Waals surface area contributed by atoms with Gasteiger partial charge in [0.15, 0.2) is 0 Å². The van der Waals surface area contributed by atoms with Gasteiger partial charge in [-0.2, -0.15) is 5.10 Å². The summed E-state index contributed by atoms with van der Waals surface area (Å²) in [5, 5.41) is 7.05. The van der Waals surface area contributed by atoms with E-state index >= 15 is 0 Å². The molecule has 2 rings (SSSR count). The second kappa shape index (κ2) is 6.40. The van der Waals surface area contributed by atoms with Crippen LogP contribution in [-0.2, 0) is 7.05 Å². The molecule has 1 aromatic carbocycles. The Kier molecular flexibility index (Phi) is 4.60. The van der Waals surface area contributed by atoms with Crippen molar-refractivity contribution in [3.63, 3.8) is 0 Å². The zero-order valence-electron chi connectivity index (χ0n) is 11.0. The largest absolute Gasteiger partial charge is 0.492 e. The number of aromatic nitrogens is 2. The molecule has 0 spiro atoms. The van der Waals surface area contributed by atoms with E-state index in [1.807, 2.05) is 12.1 Å². The summed E-state index contributed by atoms with van der Waals surface area (Å²) in [7, 11) is 1.54. The van der Waals surface area contributed by atoms with E-state index in [1.54, 1.807) is 19.2 Å².